The third kappa shape index (κ3) is 3.29. The first-order valence-electron chi connectivity index (χ1n) is 5.65. The Morgan fingerprint density at radius 3 is 2.57 bits per heavy atom. The molecular weight excluding hydrogens is 178 g/mol. The fraction of sp³-hybridized carbons (Fsp3) is 0.909. The summed E-state index contributed by atoms with van der Waals surface area (Å²) in [6.07, 6.45) is 4.66. The van der Waals surface area contributed by atoms with E-state index < -0.39 is 6.23 Å². The maximum absolute atomic E-state index is 11.7. The molecule has 1 unspecified atom stereocenters. The van der Waals surface area contributed by atoms with Crippen LogP contribution in [0.5, 0.6) is 0 Å². The first kappa shape index (κ1) is 11.5. The van der Waals surface area contributed by atoms with Crippen LogP contribution in [0, 0.1) is 5.92 Å². The van der Waals surface area contributed by atoms with Crippen molar-refractivity contribution in [2.45, 2.75) is 52.2 Å². The van der Waals surface area contributed by atoms with Gasteiger partial charge >= 0.3 is 0 Å². The molecule has 1 aliphatic carbocycles. The molecule has 0 radical (unpaired) electrons. The van der Waals surface area contributed by atoms with Crippen LogP contribution < -0.4 is 0 Å². The van der Waals surface area contributed by atoms with Crippen molar-refractivity contribution in [3.63, 3.8) is 0 Å². The van der Waals surface area contributed by atoms with E-state index in [1.54, 1.807) is 11.8 Å². The largest absolute Gasteiger partial charge is 0.374 e. The van der Waals surface area contributed by atoms with E-state index in [1.807, 2.05) is 0 Å². The van der Waals surface area contributed by atoms with E-state index >= 15 is 0 Å². The van der Waals surface area contributed by atoms with Gasteiger partial charge in [-0.1, -0.05) is 19.8 Å². The second-order valence-electron chi connectivity index (χ2n) is 4.14. The van der Waals surface area contributed by atoms with Crippen molar-refractivity contribution in [1.82, 2.24) is 4.90 Å². The highest BCUT2D eigenvalue weighted by Crippen LogP contribution is 2.31. The molecule has 0 aromatic rings. The molecule has 0 spiro atoms. The van der Waals surface area contributed by atoms with Gasteiger partial charge in [-0.05, 0) is 26.2 Å². The summed E-state index contributed by atoms with van der Waals surface area (Å²) in [5.74, 6) is 0.363. The number of nitrogens with zero attached hydrogens (tertiary/aromatic N) is 1. The zero-order chi connectivity index (χ0) is 10.6. The van der Waals surface area contributed by atoms with E-state index in [0.29, 0.717) is 6.54 Å². The molecule has 3 nitrogen and oxygen atoms in total. The number of hydrogen-bond acceptors (Lipinski definition) is 2. The number of unbranched alkanes of at least 4 members (excludes halogenated alkanes) is 2. The SMILES string of the molecule is CCCCCN(C(=O)C1CC1)C(C)O. The highest BCUT2D eigenvalue weighted by Gasteiger charge is 2.34. The van der Waals surface area contributed by atoms with Gasteiger partial charge in [-0.3, -0.25) is 4.79 Å². The molecule has 1 atom stereocenters. The van der Waals surface area contributed by atoms with Crippen LogP contribution in [0.25, 0.3) is 0 Å². The quantitative estimate of drug-likeness (QED) is 0.523. The Hall–Kier alpha value is -0.570. The average Bonchev–Trinajstić information content (AvgIpc) is 2.93. The van der Waals surface area contributed by atoms with Crippen molar-refractivity contribution in [2.75, 3.05) is 6.54 Å². The predicted octanol–water partition coefficient (Wildman–Crippen LogP) is 1.75. The molecule has 0 heterocycles. The highest BCUT2D eigenvalue weighted by atomic mass is 16.3. The lowest BCUT2D eigenvalue weighted by atomic mass is 10.2. The van der Waals surface area contributed by atoms with Gasteiger partial charge in [0, 0.05) is 12.5 Å². The molecule has 0 aromatic heterocycles. The van der Waals surface area contributed by atoms with Gasteiger partial charge in [0.15, 0.2) is 0 Å². The van der Waals surface area contributed by atoms with E-state index in [9.17, 15) is 9.90 Å². The molecule has 3 heteroatoms. The van der Waals surface area contributed by atoms with Gasteiger partial charge in [-0.25, -0.2) is 0 Å². The van der Waals surface area contributed by atoms with Crippen molar-refractivity contribution in [3.05, 3.63) is 0 Å². The van der Waals surface area contributed by atoms with Crippen molar-refractivity contribution in [2.24, 2.45) is 5.92 Å². The Labute approximate surface area is 86.1 Å². The van der Waals surface area contributed by atoms with Crippen LogP contribution in [-0.2, 0) is 4.79 Å². The average molecular weight is 199 g/mol. The number of carbonyl (C=O) groups excluding carboxylic acids is 1. The lowest BCUT2D eigenvalue weighted by molar-refractivity contribution is -0.141. The van der Waals surface area contributed by atoms with Crippen LogP contribution in [-0.4, -0.2) is 28.7 Å². The molecule has 1 rings (SSSR count). The molecular formula is C11H21NO2. The summed E-state index contributed by atoms with van der Waals surface area (Å²) in [7, 11) is 0. The Balaban J connectivity index is 2.33. The normalized spacial score (nSPS) is 17.9. The topological polar surface area (TPSA) is 40.5 Å². The Kier molecular flexibility index (Phi) is 4.39. The van der Waals surface area contributed by atoms with E-state index in [4.69, 9.17) is 0 Å². The molecule has 14 heavy (non-hydrogen) atoms. The van der Waals surface area contributed by atoms with Gasteiger partial charge in [0.25, 0.3) is 0 Å². The van der Waals surface area contributed by atoms with Gasteiger partial charge in [0.1, 0.15) is 6.23 Å². The van der Waals surface area contributed by atoms with E-state index in [2.05, 4.69) is 6.92 Å². The highest BCUT2D eigenvalue weighted by molar-refractivity contribution is 5.81. The van der Waals surface area contributed by atoms with Crippen LogP contribution in [0.15, 0.2) is 0 Å². The minimum atomic E-state index is -0.625. The number of aliphatic hydroxyl groups is 1. The minimum absolute atomic E-state index is 0.149. The molecule has 1 amide bonds. The number of carbonyl (C=O) groups is 1. The fourth-order valence-corrected chi connectivity index (χ4v) is 1.58. The summed E-state index contributed by atoms with van der Waals surface area (Å²) in [6.45, 7) is 4.52. The Bertz CT molecular complexity index is 188. The van der Waals surface area contributed by atoms with E-state index in [1.165, 1.54) is 0 Å². The maximum Gasteiger partial charge on any atom is 0.227 e. The monoisotopic (exact) mass is 199 g/mol. The fourth-order valence-electron chi connectivity index (χ4n) is 1.58. The third-order valence-corrected chi connectivity index (χ3v) is 2.66. The molecule has 1 N–H and O–H groups in total. The van der Waals surface area contributed by atoms with Crippen LogP contribution in [0.1, 0.15) is 46.0 Å². The second kappa shape index (κ2) is 5.35. The van der Waals surface area contributed by atoms with Crippen molar-refractivity contribution in [3.8, 4) is 0 Å². The Morgan fingerprint density at radius 1 is 1.50 bits per heavy atom. The molecule has 1 fully saturated rings. The summed E-state index contributed by atoms with van der Waals surface area (Å²) in [5, 5.41) is 9.46. The summed E-state index contributed by atoms with van der Waals surface area (Å²) in [4.78, 5) is 13.3. The molecule has 0 aromatic carbocycles. The molecule has 0 aliphatic heterocycles. The first-order chi connectivity index (χ1) is 6.66. The van der Waals surface area contributed by atoms with Gasteiger partial charge in [-0.2, -0.15) is 0 Å². The van der Waals surface area contributed by atoms with Crippen LogP contribution in [0.3, 0.4) is 0 Å². The zero-order valence-electron chi connectivity index (χ0n) is 9.20. The van der Waals surface area contributed by atoms with Gasteiger partial charge in [0.05, 0.1) is 0 Å². The zero-order valence-corrected chi connectivity index (χ0v) is 9.20. The standard InChI is InChI=1S/C11H21NO2/c1-3-4-5-8-12(9(2)13)11(14)10-6-7-10/h9-10,13H,3-8H2,1-2H3. The molecule has 82 valence electrons. The molecule has 1 saturated carbocycles. The lowest BCUT2D eigenvalue weighted by Crippen LogP contribution is -2.40. The molecule has 1 aliphatic rings. The van der Waals surface area contributed by atoms with E-state index in [0.717, 1.165) is 32.1 Å². The number of amides is 1. The lowest BCUT2D eigenvalue weighted by Gasteiger charge is -2.25. The van der Waals surface area contributed by atoms with Gasteiger partial charge < -0.3 is 10.0 Å². The third-order valence-electron chi connectivity index (χ3n) is 2.66. The second-order valence-corrected chi connectivity index (χ2v) is 4.14. The number of aliphatic hydroxyl groups excluding tert-OH is 1. The van der Waals surface area contributed by atoms with Gasteiger partial charge in [-0.15, -0.1) is 0 Å². The van der Waals surface area contributed by atoms with Crippen LogP contribution >= 0.6 is 0 Å². The maximum atomic E-state index is 11.7. The van der Waals surface area contributed by atoms with Crippen molar-refractivity contribution in [1.29, 1.82) is 0 Å². The number of hydrogen-bond donors (Lipinski definition) is 1. The Morgan fingerprint density at radius 2 is 2.14 bits per heavy atom. The summed E-state index contributed by atoms with van der Waals surface area (Å²) < 4.78 is 0. The van der Waals surface area contributed by atoms with Crippen LogP contribution in [0.2, 0.25) is 0 Å². The van der Waals surface area contributed by atoms with Crippen LogP contribution in [0.4, 0.5) is 0 Å². The van der Waals surface area contributed by atoms with Gasteiger partial charge in [0.2, 0.25) is 5.91 Å². The summed E-state index contributed by atoms with van der Waals surface area (Å²) in [5.41, 5.74) is 0. The predicted molar refractivity (Wildman–Crippen MR) is 55.6 cm³/mol. The summed E-state index contributed by atoms with van der Waals surface area (Å²) >= 11 is 0. The minimum Gasteiger partial charge on any atom is -0.374 e. The number of rotatable bonds is 6. The van der Waals surface area contributed by atoms with Crippen molar-refractivity contribution < 1.29 is 9.90 Å². The molecule has 0 saturated heterocycles. The van der Waals surface area contributed by atoms with E-state index in [-0.39, 0.29) is 11.8 Å². The first-order valence-corrected chi connectivity index (χ1v) is 5.65. The molecule has 0 bridgehead atoms. The smallest absolute Gasteiger partial charge is 0.227 e. The summed E-state index contributed by atoms with van der Waals surface area (Å²) in [6, 6.07) is 0. The van der Waals surface area contributed by atoms with Crippen molar-refractivity contribution >= 4 is 5.91 Å².